The van der Waals surface area contributed by atoms with Crippen LogP contribution < -0.4 is 5.32 Å². The molecular weight excluding hydrogens is 432 g/mol. The zero-order valence-corrected chi connectivity index (χ0v) is 17.1. The smallest absolute Gasteiger partial charge is 0.380 e. The Labute approximate surface area is 181 Å². The molecule has 1 aliphatic heterocycles. The highest BCUT2D eigenvalue weighted by molar-refractivity contribution is 5.91. The van der Waals surface area contributed by atoms with Crippen molar-refractivity contribution < 1.29 is 37.4 Å². The molecule has 32 heavy (non-hydrogen) atoms. The van der Waals surface area contributed by atoms with E-state index in [1.807, 2.05) is 24.3 Å². The van der Waals surface area contributed by atoms with Crippen molar-refractivity contribution in [2.45, 2.75) is 44.3 Å². The lowest BCUT2D eigenvalue weighted by Gasteiger charge is -2.31. The van der Waals surface area contributed by atoms with Crippen LogP contribution in [0.5, 0.6) is 0 Å². The van der Waals surface area contributed by atoms with Crippen molar-refractivity contribution in [3.63, 3.8) is 0 Å². The van der Waals surface area contributed by atoms with E-state index in [0.29, 0.717) is 25.1 Å². The molecule has 0 saturated heterocycles. The molecule has 0 spiro atoms. The molecule has 3 rings (SSSR count). The number of nitrogens with zero attached hydrogens (tertiary/aromatic N) is 1. The zero-order valence-electron chi connectivity index (χ0n) is 17.1. The van der Waals surface area contributed by atoms with Crippen molar-refractivity contribution in [3.8, 4) is 0 Å². The Bertz CT molecular complexity index is 1010. The first kappa shape index (κ1) is 23.7. The second-order valence-electron chi connectivity index (χ2n) is 7.63. The summed E-state index contributed by atoms with van der Waals surface area (Å²) in [6, 6.07) is 8.19. The molecule has 2 unspecified atom stereocenters. The molecule has 3 N–H and O–H groups in total. The molecule has 6 nitrogen and oxygen atoms in total. The monoisotopic (exact) mass is 454 g/mol. The van der Waals surface area contributed by atoms with Crippen LogP contribution in [0.4, 0.5) is 17.6 Å². The first-order chi connectivity index (χ1) is 15.0. The summed E-state index contributed by atoms with van der Waals surface area (Å²) in [5, 5.41) is 22.6. The molecule has 0 bridgehead atoms. The van der Waals surface area contributed by atoms with Gasteiger partial charge in [-0.3, -0.25) is 9.59 Å². The van der Waals surface area contributed by atoms with E-state index in [4.69, 9.17) is 0 Å². The molecule has 0 aliphatic carbocycles. The quantitative estimate of drug-likeness (QED) is 0.605. The third kappa shape index (κ3) is 5.08. The van der Waals surface area contributed by atoms with Gasteiger partial charge in [-0.05, 0) is 36.6 Å². The van der Waals surface area contributed by atoms with Crippen LogP contribution in [-0.2, 0) is 28.7 Å². The maximum Gasteiger partial charge on any atom is 0.416 e. The van der Waals surface area contributed by atoms with Gasteiger partial charge in [0.05, 0.1) is 11.6 Å². The summed E-state index contributed by atoms with van der Waals surface area (Å²) in [7, 11) is 0. The Hall–Kier alpha value is -2.98. The molecule has 172 valence electrons. The summed E-state index contributed by atoms with van der Waals surface area (Å²) in [5.74, 6) is -3.18. The lowest BCUT2D eigenvalue weighted by Crippen LogP contribution is -2.52. The summed E-state index contributed by atoms with van der Waals surface area (Å²) >= 11 is 0. The number of rotatable bonds is 5. The predicted octanol–water partition coefficient (Wildman–Crippen LogP) is 2.33. The minimum atomic E-state index is -4.72. The van der Waals surface area contributed by atoms with Crippen molar-refractivity contribution in [2.24, 2.45) is 0 Å². The second kappa shape index (κ2) is 9.25. The van der Waals surface area contributed by atoms with Crippen LogP contribution >= 0.6 is 0 Å². The number of halogens is 4. The minimum Gasteiger partial charge on any atom is -0.380 e. The lowest BCUT2D eigenvalue weighted by molar-refractivity contribution is -0.154. The minimum absolute atomic E-state index is 0.216. The Kier molecular flexibility index (Phi) is 6.85. The topological polar surface area (TPSA) is 89.9 Å². The van der Waals surface area contributed by atoms with Crippen LogP contribution in [0.1, 0.15) is 35.2 Å². The van der Waals surface area contributed by atoms with Gasteiger partial charge in [-0.25, -0.2) is 4.39 Å². The molecule has 0 aromatic heterocycles. The maximum atomic E-state index is 14.1. The first-order valence-electron chi connectivity index (χ1n) is 9.87. The summed E-state index contributed by atoms with van der Waals surface area (Å²) in [6.07, 6.45) is -8.35. The van der Waals surface area contributed by atoms with Gasteiger partial charge in [0.15, 0.2) is 12.2 Å². The van der Waals surface area contributed by atoms with Crippen molar-refractivity contribution in [2.75, 3.05) is 6.54 Å². The molecule has 2 aromatic carbocycles. The lowest BCUT2D eigenvalue weighted by atomic mass is 9.99. The van der Waals surface area contributed by atoms with E-state index in [0.717, 1.165) is 17.2 Å². The predicted molar refractivity (Wildman–Crippen MR) is 106 cm³/mol. The second-order valence-corrected chi connectivity index (χ2v) is 7.63. The van der Waals surface area contributed by atoms with Gasteiger partial charge >= 0.3 is 6.18 Å². The van der Waals surface area contributed by atoms with Gasteiger partial charge in [0.1, 0.15) is 5.82 Å². The molecule has 3 atom stereocenters. The van der Waals surface area contributed by atoms with Crippen LogP contribution in [-0.4, -0.2) is 45.7 Å². The number of alkyl halides is 3. The van der Waals surface area contributed by atoms with E-state index < -0.39 is 47.6 Å². The van der Waals surface area contributed by atoms with Gasteiger partial charge < -0.3 is 20.4 Å². The molecule has 0 radical (unpaired) electrons. The third-order valence-corrected chi connectivity index (χ3v) is 5.42. The molecule has 1 aliphatic rings. The van der Waals surface area contributed by atoms with E-state index >= 15 is 0 Å². The van der Waals surface area contributed by atoms with Gasteiger partial charge in [0, 0.05) is 18.7 Å². The van der Waals surface area contributed by atoms with Crippen molar-refractivity contribution in [1.82, 2.24) is 10.2 Å². The summed E-state index contributed by atoms with van der Waals surface area (Å²) in [4.78, 5) is 26.2. The fourth-order valence-corrected chi connectivity index (χ4v) is 3.58. The number of amides is 2. The molecule has 0 saturated carbocycles. The van der Waals surface area contributed by atoms with Crippen molar-refractivity contribution in [1.29, 1.82) is 0 Å². The Morgan fingerprint density at radius 3 is 2.34 bits per heavy atom. The number of fused-ring (bicyclic) bond motifs is 1. The fraction of sp³-hybridized carbons (Fsp3) is 0.364. The molecule has 1 heterocycles. The summed E-state index contributed by atoms with van der Waals surface area (Å²) in [5.41, 5.74) is 0.537. The number of hydrogen-bond acceptors (Lipinski definition) is 4. The van der Waals surface area contributed by atoms with Crippen LogP contribution in [0.15, 0.2) is 42.5 Å². The molecule has 2 amide bonds. The molecule has 10 heteroatoms. The third-order valence-electron chi connectivity index (χ3n) is 5.42. The van der Waals surface area contributed by atoms with Crippen LogP contribution in [0.2, 0.25) is 0 Å². The average Bonchev–Trinajstić information content (AvgIpc) is 2.76. The highest BCUT2D eigenvalue weighted by Crippen LogP contribution is 2.31. The number of carbonyl (C=O) groups is 2. The number of benzene rings is 2. The van der Waals surface area contributed by atoms with Gasteiger partial charge in [-0.1, -0.05) is 30.3 Å². The Morgan fingerprint density at radius 2 is 1.72 bits per heavy atom. The van der Waals surface area contributed by atoms with Crippen molar-refractivity contribution >= 4 is 11.8 Å². The van der Waals surface area contributed by atoms with Crippen LogP contribution in [0, 0.1) is 5.82 Å². The number of hydrogen-bond donors (Lipinski definition) is 3. The van der Waals surface area contributed by atoms with Gasteiger partial charge in [0.25, 0.3) is 11.8 Å². The van der Waals surface area contributed by atoms with Crippen LogP contribution in [0.25, 0.3) is 0 Å². The normalized spacial score (nSPS) is 16.7. The largest absolute Gasteiger partial charge is 0.416 e. The highest BCUT2D eigenvalue weighted by atomic mass is 19.4. The number of aliphatic hydroxyl groups excluding tert-OH is 2. The van der Waals surface area contributed by atoms with E-state index in [-0.39, 0.29) is 12.1 Å². The molecule has 0 fully saturated rings. The molecular formula is C22H22F4N2O4. The van der Waals surface area contributed by atoms with Gasteiger partial charge in [-0.15, -0.1) is 0 Å². The highest BCUT2D eigenvalue weighted by Gasteiger charge is 2.36. The Balaban J connectivity index is 1.63. The van der Waals surface area contributed by atoms with E-state index in [2.05, 4.69) is 5.32 Å². The van der Waals surface area contributed by atoms with Gasteiger partial charge in [-0.2, -0.15) is 13.2 Å². The fourth-order valence-electron chi connectivity index (χ4n) is 3.58. The number of carbonyl (C=O) groups excluding carboxylic acids is 2. The number of nitrogens with one attached hydrogen (secondary N) is 1. The standard InChI is InChI=1S/C22H22F4N2O4/c1-12(16-7-6-15(10-17(16)23)22(24,25)26)27-20(31)18(29)19(30)21(32)28-9-8-13-4-2-3-5-14(13)11-28/h2-7,10,12,18-19,29-30H,8-9,11H2,1H3,(H,27,31)/t12-,18?,19?/m0/s1. The van der Waals surface area contributed by atoms with Gasteiger partial charge in [0.2, 0.25) is 0 Å². The van der Waals surface area contributed by atoms with E-state index in [9.17, 15) is 37.4 Å². The zero-order chi connectivity index (χ0) is 23.6. The number of aliphatic hydroxyl groups is 2. The maximum absolute atomic E-state index is 14.1. The molecule has 2 aromatic rings. The SMILES string of the molecule is C[C@H](NC(=O)C(O)C(O)C(=O)N1CCc2ccccc2C1)c1ccc(C(F)(F)F)cc1F. The summed E-state index contributed by atoms with van der Waals surface area (Å²) in [6.45, 7) is 1.81. The van der Waals surface area contributed by atoms with E-state index in [1.165, 1.54) is 11.8 Å². The van der Waals surface area contributed by atoms with Crippen LogP contribution in [0.3, 0.4) is 0 Å². The Morgan fingerprint density at radius 1 is 1.06 bits per heavy atom. The van der Waals surface area contributed by atoms with Crippen molar-refractivity contribution in [3.05, 3.63) is 70.5 Å². The summed E-state index contributed by atoms with van der Waals surface area (Å²) < 4.78 is 52.2. The first-order valence-corrected chi connectivity index (χ1v) is 9.87. The van der Waals surface area contributed by atoms with E-state index in [1.54, 1.807) is 0 Å². The average molecular weight is 454 g/mol.